The highest BCUT2D eigenvalue weighted by atomic mass is 32.2. The van der Waals surface area contributed by atoms with Crippen LogP contribution in [0.25, 0.3) is 0 Å². The topological polar surface area (TPSA) is 54.4 Å². The number of hydrogen-bond donors (Lipinski definition) is 1. The second-order valence-corrected chi connectivity index (χ2v) is 6.78. The lowest BCUT2D eigenvalue weighted by molar-refractivity contribution is 0.0928. The monoisotopic (exact) mass is 204 g/mol. The summed E-state index contributed by atoms with van der Waals surface area (Å²) in [5, 5.41) is 0. The molecule has 0 heterocycles. The Morgan fingerprint density at radius 1 is 1.00 bits per heavy atom. The smallest absolute Gasteiger partial charge is 0.270 e. The largest absolute Gasteiger partial charge is 0.285 e. The van der Waals surface area contributed by atoms with Gasteiger partial charge in [-0.1, -0.05) is 6.92 Å². The van der Waals surface area contributed by atoms with E-state index in [1.807, 2.05) is 0 Å². The SMILES string of the molecule is CC12CCC(S(=O)(=O)O)(CC1)CC2. The molecule has 3 rings (SSSR count). The molecule has 3 saturated carbocycles. The summed E-state index contributed by atoms with van der Waals surface area (Å²) in [6, 6.07) is 0. The van der Waals surface area contributed by atoms with Gasteiger partial charge in [-0.05, 0) is 43.9 Å². The van der Waals surface area contributed by atoms with Crippen LogP contribution in [0.4, 0.5) is 0 Å². The first-order valence-electron chi connectivity index (χ1n) is 4.84. The molecule has 0 aromatic rings. The van der Waals surface area contributed by atoms with Crippen LogP contribution < -0.4 is 0 Å². The predicted molar refractivity (Wildman–Crippen MR) is 50.1 cm³/mol. The fourth-order valence-electron chi connectivity index (χ4n) is 2.73. The first-order valence-corrected chi connectivity index (χ1v) is 6.28. The van der Waals surface area contributed by atoms with E-state index in [1.54, 1.807) is 0 Å². The number of rotatable bonds is 1. The van der Waals surface area contributed by atoms with E-state index >= 15 is 0 Å². The van der Waals surface area contributed by atoms with Crippen molar-refractivity contribution < 1.29 is 13.0 Å². The molecule has 0 spiro atoms. The van der Waals surface area contributed by atoms with Crippen molar-refractivity contribution in [2.75, 3.05) is 0 Å². The van der Waals surface area contributed by atoms with E-state index in [-0.39, 0.29) is 0 Å². The van der Waals surface area contributed by atoms with E-state index < -0.39 is 14.9 Å². The summed E-state index contributed by atoms with van der Waals surface area (Å²) in [6.07, 6.45) is 4.82. The van der Waals surface area contributed by atoms with Gasteiger partial charge in [-0.2, -0.15) is 8.42 Å². The molecule has 3 fully saturated rings. The average Bonchev–Trinajstić information content (AvgIpc) is 2.04. The molecule has 0 radical (unpaired) electrons. The molecule has 0 aromatic carbocycles. The lowest BCUT2D eigenvalue weighted by atomic mass is 9.61. The molecule has 4 heteroatoms. The zero-order valence-corrected chi connectivity index (χ0v) is 8.73. The Hall–Kier alpha value is -0.0900. The van der Waals surface area contributed by atoms with E-state index in [2.05, 4.69) is 6.92 Å². The van der Waals surface area contributed by atoms with E-state index in [1.165, 1.54) is 0 Å². The molecule has 1 N–H and O–H groups in total. The molecule has 76 valence electrons. The van der Waals surface area contributed by atoms with Gasteiger partial charge in [0.2, 0.25) is 0 Å². The van der Waals surface area contributed by atoms with Crippen LogP contribution in [-0.4, -0.2) is 17.7 Å². The number of hydrogen-bond acceptors (Lipinski definition) is 2. The van der Waals surface area contributed by atoms with Crippen LogP contribution in [-0.2, 0) is 10.1 Å². The molecule has 3 nitrogen and oxygen atoms in total. The molecular formula is C9H16O3S. The standard InChI is InChI=1S/C9H16O3S/c1-8-2-5-9(6-3-8,7-4-8)13(10,11)12/h2-7H2,1H3,(H,10,11,12). The van der Waals surface area contributed by atoms with Crippen molar-refractivity contribution in [2.24, 2.45) is 5.41 Å². The maximum atomic E-state index is 11.2. The van der Waals surface area contributed by atoms with Crippen LogP contribution >= 0.6 is 0 Å². The molecule has 3 aliphatic rings. The van der Waals surface area contributed by atoms with Gasteiger partial charge in [-0.25, -0.2) is 0 Å². The minimum absolute atomic E-state index is 0.354. The third kappa shape index (κ3) is 1.31. The second kappa shape index (κ2) is 2.48. The molecule has 0 unspecified atom stereocenters. The molecule has 0 amide bonds. The predicted octanol–water partition coefficient (Wildman–Crippen LogP) is 1.99. The van der Waals surface area contributed by atoms with Crippen molar-refractivity contribution in [3.8, 4) is 0 Å². The van der Waals surface area contributed by atoms with Gasteiger partial charge in [0.1, 0.15) is 0 Å². The first kappa shape index (κ1) is 9.46. The third-order valence-corrected chi connectivity index (χ3v) is 5.81. The molecular weight excluding hydrogens is 188 g/mol. The van der Waals surface area contributed by atoms with Gasteiger partial charge in [-0.3, -0.25) is 4.55 Å². The average molecular weight is 204 g/mol. The van der Waals surface area contributed by atoms with E-state index in [0.29, 0.717) is 24.7 Å². The molecule has 0 aromatic heterocycles. The van der Waals surface area contributed by atoms with Gasteiger partial charge in [0.25, 0.3) is 10.1 Å². The van der Waals surface area contributed by atoms with Crippen molar-refractivity contribution in [1.29, 1.82) is 0 Å². The van der Waals surface area contributed by atoms with Crippen LogP contribution in [0.5, 0.6) is 0 Å². The van der Waals surface area contributed by atoms with Crippen molar-refractivity contribution >= 4 is 10.1 Å². The third-order valence-electron chi connectivity index (χ3n) is 4.10. The quantitative estimate of drug-likeness (QED) is 0.664. The fourth-order valence-corrected chi connectivity index (χ4v) is 3.81. The zero-order valence-electron chi connectivity index (χ0n) is 7.91. The number of fused-ring (bicyclic) bond motifs is 3. The van der Waals surface area contributed by atoms with Crippen LogP contribution in [0.15, 0.2) is 0 Å². The van der Waals surface area contributed by atoms with E-state index in [4.69, 9.17) is 0 Å². The van der Waals surface area contributed by atoms with Gasteiger partial charge in [-0.15, -0.1) is 0 Å². The Labute approximate surface area is 79.3 Å². The molecule has 13 heavy (non-hydrogen) atoms. The summed E-state index contributed by atoms with van der Waals surface area (Å²) in [5.41, 5.74) is 0.354. The van der Waals surface area contributed by atoms with Crippen molar-refractivity contribution in [2.45, 2.75) is 50.2 Å². The highest BCUT2D eigenvalue weighted by molar-refractivity contribution is 7.87. The maximum absolute atomic E-state index is 11.2. The van der Waals surface area contributed by atoms with Crippen LogP contribution in [0.3, 0.4) is 0 Å². The van der Waals surface area contributed by atoms with E-state index in [0.717, 1.165) is 19.3 Å². The fraction of sp³-hybridized carbons (Fsp3) is 1.00. The Morgan fingerprint density at radius 3 is 1.69 bits per heavy atom. The molecule has 0 aliphatic heterocycles. The first-order chi connectivity index (χ1) is 5.87. The van der Waals surface area contributed by atoms with Gasteiger partial charge in [0.15, 0.2) is 0 Å². The van der Waals surface area contributed by atoms with Crippen molar-refractivity contribution in [1.82, 2.24) is 0 Å². The summed E-state index contributed by atoms with van der Waals surface area (Å²) >= 11 is 0. The maximum Gasteiger partial charge on any atom is 0.270 e. The molecule has 3 aliphatic carbocycles. The summed E-state index contributed by atoms with van der Waals surface area (Å²) in [7, 11) is -3.83. The summed E-state index contributed by atoms with van der Waals surface area (Å²) in [4.78, 5) is 0. The minimum atomic E-state index is -3.83. The Kier molecular flexibility index (Phi) is 1.81. The van der Waals surface area contributed by atoms with Crippen molar-refractivity contribution in [3.05, 3.63) is 0 Å². The lowest BCUT2D eigenvalue weighted by Crippen LogP contribution is -2.49. The minimum Gasteiger partial charge on any atom is -0.285 e. The Bertz CT molecular complexity index is 293. The Balaban J connectivity index is 2.31. The highest BCUT2D eigenvalue weighted by Gasteiger charge is 2.53. The van der Waals surface area contributed by atoms with E-state index in [9.17, 15) is 13.0 Å². The lowest BCUT2D eigenvalue weighted by Gasteiger charge is -2.49. The molecule has 0 saturated heterocycles. The Morgan fingerprint density at radius 2 is 1.38 bits per heavy atom. The zero-order chi connectivity index (χ0) is 9.74. The summed E-state index contributed by atoms with van der Waals surface area (Å²) < 4.78 is 30.8. The normalized spacial score (nSPS) is 45.1. The van der Waals surface area contributed by atoms with Crippen LogP contribution in [0, 0.1) is 5.41 Å². The van der Waals surface area contributed by atoms with Gasteiger partial charge in [0, 0.05) is 0 Å². The second-order valence-electron chi connectivity index (χ2n) is 4.97. The van der Waals surface area contributed by atoms with Gasteiger partial charge >= 0.3 is 0 Å². The molecule has 0 atom stereocenters. The van der Waals surface area contributed by atoms with Gasteiger partial charge in [0.05, 0.1) is 4.75 Å². The van der Waals surface area contributed by atoms with Crippen LogP contribution in [0.1, 0.15) is 45.4 Å². The van der Waals surface area contributed by atoms with Gasteiger partial charge < -0.3 is 0 Å². The summed E-state index contributed by atoms with van der Waals surface area (Å²) in [6.45, 7) is 2.22. The van der Waals surface area contributed by atoms with Crippen LogP contribution in [0.2, 0.25) is 0 Å². The molecule has 2 bridgehead atoms. The summed E-state index contributed by atoms with van der Waals surface area (Å²) in [5.74, 6) is 0. The van der Waals surface area contributed by atoms with Crippen molar-refractivity contribution in [3.63, 3.8) is 0 Å². The highest BCUT2D eigenvalue weighted by Crippen LogP contribution is 2.54.